The predicted octanol–water partition coefficient (Wildman–Crippen LogP) is 4.55. The van der Waals surface area contributed by atoms with Gasteiger partial charge in [-0.1, -0.05) is 63.7 Å². The number of carbonyl (C=O) groups is 5. The fourth-order valence-corrected chi connectivity index (χ4v) is 4.94. The number of aliphatic hydroxyl groups is 1. The number of carboxylic acid groups (broad SMARTS) is 3. The number of carbonyl (C=O) groups excluding carboxylic acids is 2. The molecule has 12 heteroatoms. The Morgan fingerprint density at radius 1 is 0.867 bits per heavy atom. The molecule has 0 unspecified atom stereocenters. The number of ether oxygens (including phenoxy) is 2. The first-order valence-corrected chi connectivity index (χ1v) is 15.5. The molecule has 12 nitrogen and oxygen atoms in total. The molecule has 5 N–H and O–H groups in total. The molecule has 45 heavy (non-hydrogen) atoms. The average molecular weight is 636 g/mol. The summed E-state index contributed by atoms with van der Waals surface area (Å²) in [5.74, 6) is -7.06. The molecule has 0 aliphatic heterocycles. The first-order chi connectivity index (χ1) is 21.4. The third-order valence-electron chi connectivity index (χ3n) is 7.55. The Balaban J connectivity index is 2.88. The molecule has 0 radical (unpaired) electrons. The molecule has 0 aromatic heterocycles. The fraction of sp³-hybridized carbons (Fsp3) is 0.606. The van der Waals surface area contributed by atoms with Gasteiger partial charge >= 0.3 is 17.9 Å². The number of methoxy groups -OCH3 is 2. The molecule has 3 atom stereocenters. The SMILES string of the molecule is CCCCCCCC(=O)CCCCCC/C=C/[C@H](C(=O)N[C@@H](Cc1ccc(OC)c(OC)c1)C(=O)O)[C@@](O)(CC(=O)O)C(=O)O. The first-order valence-electron chi connectivity index (χ1n) is 15.5. The lowest BCUT2D eigenvalue weighted by Gasteiger charge is -2.29. The zero-order valence-corrected chi connectivity index (χ0v) is 26.6. The van der Waals surface area contributed by atoms with Crippen molar-refractivity contribution in [3.63, 3.8) is 0 Å². The lowest BCUT2D eigenvalue weighted by atomic mass is 9.82. The number of nitrogens with one attached hydrogen (secondary N) is 1. The van der Waals surface area contributed by atoms with Gasteiger partial charge in [0.1, 0.15) is 11.8 Å². The molecule has 0 saturated carbocycles. The van der Waals surface area contributed by atoms with Gasteiger partial charge in [0.05, 0.1) is 26.6 Å². The van der Waals surface area contributed by atoms with Gasteiger partial charge in [0.25, 0.3) is 0 Å². The van der Waals surface area contributed by atoms with Gasteiger partial charge in [-0.2, -0.15) is 0 Å². The molecule has 0 aliphatic rings. The third-order valence-corrected chi connectivity index (χ3v) is 7.55. The van der Waals surface area contributed by atoms with Crippen LogP contribution in [0.4, 0.5) is 0 Å². The first kappa shape index (κ1) is 39.1. The van der Waals surface area contributed by atoms with Crippen LogP contribution in [0, 0.1) is 5.92 Å². The second kappa shape index (κ2) is 20.9. The third kappa shape index (κ3) is 14.1. The predicted molar refractivity (Wildman–Crippen MR) is 166 cm³/mol. The maximum absolute atomic E-state index is 13.3. The Labute approximate surface area is 264 Å². The summed E-state index contributed by atoms with van der Waals surface area (Å²) < 4.78 is 10.4. The van der Waals surface area contributed by atoms with Gasteiger partial charge in [0.15, 0.2) is 17.1 Å². The maximum Gasteiger partial charge on any atom is 0.337 e. The summed E-state index contributed by atoms with van der Waals surface area (Å²) >= 11 is 0. The summed E-state index contributed by atoms with van der Waals surface area (Å²) in [7, 11) is 2.84. The van der Waals surface area contributed by atoms with E-state index in [1.54, 1.807) is 12.1 Å². The minimum atomic E-state index is -3.03. The molecule has 1 aromatic carbocycles. The highest BCUT2D eigenvalue weighted by atomic mass is 16.5. The summed E-state index contributed by atoms with van der Waals surface area (Å²) in [6.45, 7) is 2.15. The summed E-state index contributed by atoms with van der Waals surface area (Å²) in [4.78, 5) is 60.8. The summed E-state index contributed by atoms with van der Waals surface area (Å²) in [5.41, 5.74) is -2.57. The molecule has 0 spiro atoms. The van der Waals surface area contributed by atoms with Gasteiger partial charge in [-0.3, -0.25) is 14.4 Å². The second-order valence-electron chi connectivity index (χ2n) is 11.2. The quantitative estimate of drug-likeness (QED) is 0.0746. The minimum Gasteiger partial charge on any atom is -0.493 e. The standard InChI is InChI=1S/C33H49NO11/c1-4-5-6-9-12-15-24(35)16-13-10-7-8-11-14-17-25(33(43,32(41)42)22-29(36)37)30(38)34-26(31(39)40)20-23-18-19-27(44-2)28(21-23)45-3/h14,17-19,21,25-26,43H,4-13,15-16,20,22H2,1-3H3,(H,34,38)(H,36,37)(H,39,40)(H,41,42)/b17-14+/t25-,26+,33+/m1/s1. The number of aliphatic carboxylic acids is 3. The van der Waals surface area contributed by atoms with Crippen molar-refractivity contribution in [2.75, 3.05) is 14.2 Å². The molecule has 0 fully saturated rings. The minimum absolute atomic E-state index is 0.219. The molecule has 0 saturated heterocycles. The van der Waals surface area contributed by atoms with E-state index in [0.29, 0.717) is 42.7 Å². The number of hydrogen-bond donors (Lipinski definition) is 5. The maximum atomic E-state index is 13.3. The van der Waals surface area contributed by atoms with Crippen molar-refractivity contribution >= 4 is 29.6 Å². The molecule has 252 valence electrons. The zero-order valence-electron chi connectivity index (χ0n) is 26.6. The zero-order chi connectivity index (χ0) is 33.8. The van der Waals surface area contributed by atoms with Crippen LogP contribution >= 0.6 is 0 Å². The Bertz CT molecular complexity index is 1150. The summed E-state index contributed by atoms with van der Waals surface area (Å²) in [5, 5.41) is 41.9. The van der Waals surface area contributed by atoms with E-state index in [1.165, 1.54) is 32.8 Å². The van der Waals surface area contributed by atoms with Crippen molar-refractivity contribution in [3.05, 3.63) is 35.9 Å². The van der Waals surface area contributed by atoms with Gasteiger partial charge in [-0.05, 0) is 43.4 Å². The largest absolute Gasteiger partial charge is 0.493 e. The van der Waals surface area contributed by atoms with Gasteiger partial charge in [0, 0.05) is 19.3 Å². The molecular weight excluding hydrogens is 586 g/mol. The van der Waals surface area contributed by atoms with Crippen molar-refractivity contribution in [3.8, 4) is 11.5 Å². The van der Waals surface area contributed by atoms with Crippen LogP contribution in [0.2, 0.25) is 0 Å². The van der Waals surface area contributed by atoms with E-state index >= 15 is 0 Å². The van der Waals surface area contributed by atoms with Crippen molar-refractivity contribution in [1.29, 1.82) is 0 Å². The molecule has 1 aromatic rings. The molecular formula is C33H49NO11. The summed E-state index contributed by atoms with van der Waals surface area (Å²) in [6.07, 6.45) is 11.1. The second-order valence-corrected chi connectivity index (χ2v) is 11.2. The number of benzene rings is 1. The van der Waals surface area contributed by atoms with Crippen molar-refractivity contribution in [2.45, 2.75) is 108 Å². The number of Topliss-reactive ketones (excluding diaryl/α,β-unsaturated/α-hetero) is 1. The Kier molecular flexibility index (Phi) is 18.2. The van der Waals surface area contributed by atoms with Crippen molar-refractivity contribution in [2.24, 2.45) is 5.92 Å². The van der Waals surface area contributed by atoms with Gasteiger partial charge < -0.3 is 35.2 Å². The number of ketones is 1. The van der Waals surface area contributed by atoms with E-state index in [1.807, 2.05) is 0 Å². The van der Waals surface area contributed by atoms with Crippen molar-refractivity contribution in [1.82, 2.24) is 5.32 Å². The van der Waals surface area contributed by atoms with Crippen LogP contribution in [0.25, 0.3) is 0 Å². The normalized spacial score (nSPS) is 13.9. The van der Waals surface area contributed by atoms with Gasteiger partial charge in [-0.25, -0.2) is 9.59 Å². The van der Waals surface area contributed by atoms with Crippen LogP contribution in [0.5, 0.6) is 11.5 Å². The molecule has 0 aliphatic carbocycles. The summed E-state index contributed by atoms with van der Waals surface area (Å²) in [6, 6.07) is 3.13. The van der Waals surface area contributed by atoms with Crippen LogP contribution in [-0.4, -0.2) is 75.9 Å². The van der Waals surface area contributed by atoms with Crippen LogP contribution in [0.3, 0.4) is 0 Å². The fourth-order valence-electron chi connectivity index (χ4n) is 4.94. The monoisotopic (exact) mass is 635 g/mol. The van der Waals surface area contributed by atoms with Crippen LogP contribution in [0.1, 0.15) is 96.0 Å². The molecule has 1 rings (SSSR count). The Hall–Kier alpha value is -3.93. The number of hydrogen-bond acceptors (Lipinski definition) is 8. The van der Waals surface area contributed by atoms with E-state index in [4.69, 9.17) is 9.47 Å². The van der Waals surface area contributed by atoms with Gasteiger partial charge in [-0.15, -0.1) is 0 Å². The van der Waals surface area contributed by atoms with E-state index in [0.717, 1.165) is 51.0 Å². The lowest BCUT2D eigenvalue weighted by molar-refractivity contribution is -0.172. The number of unbranched alkanes of at least 4 members (excludes halogenated alkanes) is 8. The number of rotatable bonds is 25. The number of amides is 1. The van der Waals surface area contributed by atoms with Crippen LogP contribution in [-0.2, 0) is 30.4 Å². The van der Waals surface area contributed by atoms with E-state index < -0.39 is 47.8 Å². The number of allylic oxidation sites excluding steroid dienone is 1. The molecule has 0 heterocycles. The van der Waals surface area contributed by atoms with Crippen molar-refractivity contribution < 1.29 is 53.9 Å². The van der Waals surface area contributed by atoms with Gasteiger partial charge in [0.2, 0.25) is 5.91 Å². The molecule has 1 amide bonds. The highest BCUT2D eigenvalue weighted by Gasteiger charge is 2.49. The lowest BCUT2D eigenvalue weighted by Crippen LogP contribution is -2.55. The van der Waals surface area contributed by atoms with Crippen LogP contribution in [0.15, 0.2) is 30.4 Å². The van der Waals surface area contributed by atoms with E-state index in [-0.39, 0.29) is 12.2 Å². The highest BCUT2D eigenvalue weighted by Crippen LogP contribution is 2.29. The Morgan fingerprint density at radius 2 is 1.47 bits per heavy atom. The van der Waals surface area contributed by atoms with E-state index in [2.05, 4.69) is 12.2 Å². The highest BCUT2D eigenvalue weighted by molar-refractivity contribution is 5.94. The van der Waals surface area contributed by atoms with Crippen LogP contribution < -0.4 is 14.8 Å². The number of carboxylic acids is 3. The smallest absolute Gasteiger partial charge is 0.337 e. The average Bonchev–Trinajstić information content (AvgIpc) is 2.98. The topological polar surface area (TPSA) is 197 Å². The van der Waals surface area contributed by atoms with E-state index in [9.17, 15) is 44.4 Å². The Morgan fingerprint density at radius 3 is 2.00 bits per heavy atom. The molecule has 0 bridgehead atoms.